The molecule has 4 unspecified atom stereocenters. The maximum Gasteiger partial charge on any atom is 0.323 e. The molecule has 1 amide bonds. The summed E-state index contributed by atoms with van der Waals surface area (Å²) in [5.41, 5.74) is 3.05. The van der Waals surface area contributed by atoms with Gasteiger partial charge in [0.15, 0.2) is 6.29 Å². The molecule has 2 saturated heterocycles. The Morgan fingerprint density at radius 1 is 0.955 bits per heavy atom. The van der Waals surface area contributed by atoms with Gasteiger partial charge in [-0.2, -0.15) is 0 Å². The summed E-state index contributed by atoms with van der Waals surface area (Å²) < 4.78 is 18.7. The number of benzene rings is 2. The zero-order valence-electron chi connectivity index (χ0n) is 26.0. The molecule has 2 fully saturated rings. The van der Waals surface area contributed by atoms with Gasteiger partial charge in [-0.05, 0) is 69.7 Å². The standard InChI is InChI=1S/C34H46N2O8/c1-34(2,3)44-32(41)28-7-6-18-36(28)21-27-19-29(25-14-12-24(22-37)13-15-25)43-33(42-27)26-16-10-23(11-17-26)20-35-30(38)8-4-5-9-31(39)40/h10-17,27-29,33,37H,4-9,18-22H2,1-3H3,(H,35,38)(H,39,40). The van der Waals surface area contributed by atoms with E-state index in [1.165, 1.54) is 0 Å². The van der Waals surface area contributed by atoms with Crippen molar-refractivity contribution in [1.29, 1.82) is 0 Å². The van der Waals surface area contributed by atoms with Gasteiger partial charge in [0, 0.05) is 37.9 Å². The first-order valence-electron chi connectivity index (χ1n) is 15.6. The number of unbranched alkanes of at least 4 members (excludes halogenated alkanes) is 1. The summed E-state index contributed by atoms with van der Waals surface area (Å²) in [6.45, 7) is 7.36. The quantitative estimate of drug-likeness (QED) is 0.216. The Morgan fingerprint density at radius 2 is 1.61 bits per heavy atom. The number of carboxylic acid groups (broad SMARTS) is 1. The van der Waals surface area contributed by atoms with Crippen LogP contribution in [0.25, 0.3) is 0 Å². The summed E-state index contributed by atoms with van der Waals surface area (Å²) in [5.74, 6) is -1.16. The molecule has 240 valence electrons. The maximum atomic E-state index is 13.0. The second-order valence-corrected chi connectivity index (χ2v) is 12.7. The van der Waals surface area contributed by atoms with Crippen molar-refractivity contribution < 1.29 is 38.8 Å². The Hall–Kier alpha value is -3.31. The number of ether oxygens (including phenoxy) is 3. The topological polar surface area (TPSA) is 135 Å². The van der Waals surface area contributed by atoms with E-state index >= 15 is 0 Å². The van der Waals surface area contributed by atoms with Gasteiger partial charge in [0.25, 0.3) is 0 Å². The van der Waals surface area contributed by atoms with Crippen LogP contribution in [-0.4, -0.2) is 63.8 Å². The predicted octanol–water partition coefficient (Wildman–Crippen LogP) is 4.79. The van der Waals surface area contributed by atoms with Crippen LogP contribution in [0.3, 0.4) is 0 Å². The summed E-state index contributed by atoms with van der Waals surface area (Å²) in [6, 6.07) is 15.2. The van der Waals surface area contributed by atoms with Crippen LogP contribution in [0.15, 0.2) is 48.5 Å². The molecular weight excluding hydrogens is 564 g/mol. The van der Waals surface area contributed by atoms with Crippen LogP contribution < -0.4 is 5.32 Å². The lowest BCUT2D eigenvalue weighted by Crippen LogP contribution is -2.45. The van der Waals surface area contributed by atoms with E-state index in [1.54, 1.807) is 0 Å². The lowest BCUT2D eigenvalue weighted by Gasteiger charge is -2.38. The monoisotopic (exact) mass is 610 g/mol. The van der Waals surface area contributed by atoms with Gasteiger partial charge in [-0.1, -0.05) is 48.5 Å². The van der Waals surface area contributed by atoms with Crippen molar-refractivity contribution in [3.05, 3.63) is 70.8 Å². The molecule has 2 aromatic rings. The van der Waals surface area contributed by atoms with E-state index in [4.69, 9.17) is 19.3 Å². The first-order valence-corrected chi connectivity index (χ1v) is 15.6. The molecule has 2 heterocycles. The molecule has 44 heavy (non-hydrogen) atoms. The maximum absolute atomic E-state index is 13.0. The predicted molar refractivity (Wildman–Crippen MR) is 163 cm³/mol. The minimum Gasteiger partial charge on any atom is -0.481 e. The number of nitrogens with zero attached hydrogens (tertiary/aromatic N) is 1. The first kappa shape index (κ1) is 33.6. The fourth-order valence-electron chi connectivity index (χ4n) is 5.62. The van der Waals surface area contributed by atoms with Crippen molar-refractivity contribution >= 4 is 17.8 Å². The third-order valence-corrected chi connectivity index (χ3v) is 7.88. The zero-order valence-corrected chi connectivity index (χ0v) is 26.0. The fraction of sp³-hybridized carbons (Fsp3) is 0.559. The number of hydrogen-bond acceptors (Lipinski definition) is 8. The number of aliphatic hydroxyl groups excluding tert-OH is 1. The van der Waals surface area contributed by atoms with Crippen molar-refractivity contribution in [1.82, 2.24) is 10.2 Å². The van der Waals surface area contributed by atoms with Crippen LogP contribution in [0.1, 0.15) is 100 Å². The van der Waals surface area contributed by atoms with E-state index < -0.39 is 17.9 Å². The third kappa shape index (κ3) is 10.1. The lowest BCUT2D eigenvalue weighted by molar-refractivity contribution is -0.253. The molecule has 4 rings (SSSR count). The van der Waals surface area contributed by atoms with Crippen molar-refractivity contribution in [3.63, 3.8) is 0 Å². The van der Waals surface area contributed by atoms with Crippen molar-refractivity contribution in [3.8, 4) is 0 Å². The van der Waals surface area contributed by atoms with Gasteiger partial charge in [-0.25, -0.2) is 0 Å². The Labute approximate surface area is 259 Å². The second-order valence-electron chi connectivity index (χ2n) is 12.7. The van der Waals surface area contributed by atoms with Crippen molar-refractivity contribution in [2.45, 2.75) is 109 Å². The minimum absolute atomic E-state index is 0.0291. The molecule has 10 nitrogen and oxygen atoms in total. The number of carbonyl (C=O) groups is 3. The van der Waals surface area contributed by atoms with Crippen molar-refractivity contribution in [2.24, 2.45) is 0 Å². The SMILES string of the molecule is CC(C)(C)OC(=O)C1CCCN1CC1CC(c2ccc(CO)cc2)OC(c2ccc(CNC(=O)CCCCC(=O)O)cc2)O1. The molecule has 2 aliphatic heterocycles. The minimum atomic E-state index is -0.852. The second kappa shape index (κ2) is 15.6. The van der Waals surface area contributed by atoms with E-state index in [0.717, 1.165) is 41.6 Å². The molecule has 0 saturated carbocycles. The van der Waals surface area contributed by atoms with Crippen LogP contribution in [0.4, 0.5) is 0 Å². The lowest BCUT2D eigenvalue weighted by atomic mass is 9.99. The highest BCUT2D eigenvalue weighted by Gasteiger charge is 2.38. The molecule has 0 bridgehead atoms. The molecule has 0 radical (unpaired) electrons. The van der Waals surface area contributed by atoms with E-state index in [0.29, 0.717) is 38.8 Å². The molecule has 10 heteroatoms. The van der Waals surface area contributed by atoms with Gasteiger partial charge in [0.1, 0.15) is 11.6 Å². The number of aliphatic carboxylic acids is 1. The zero-order chi connectivity index (χ0) is 31.7. The molecule has 4 atom stereocenters. The van der Waals surface area contributed by atoms with E-state index in [2.05, 4.69) is 10.2 Å². The Bertz CT molecular complexity index is 1240. The van der Waals surface area contributed by atoms with Gasteiger partial charge < -0.3 is 29.7 Å². The average molecular weight is 611 g/mol. The van der Waals surface area contributed by atoms with Gasteiger partial charge in [0.05, 0.1) is 18.8 Å². The van der Waals surface area contributed by atoms with Gasteiger partial charge in [-0.3, -0.25) is 19.3 Å². The number of esters is 1. The number of hydrogen-bond donors (Lipinski definition) is 3. The normalized spacial score (nSPS) is 22.5. The molecule has 2 aromatic carbocycles. The number of carboxylic acids is 1. The summed E-state index contributed by atoms with van der Waals surface area (Å²) in [4.78, 5) is 37.9. The molecular formula is C34H46N2O8. The molecule has 2 aliphatic rings. The van der Waals surface area contributed by atoms with Gasteiger partial charge in [0.2, 0.25) is 5.91 Å². The fourth-order valence-corrected chi connectivity index (χ4v) is 5.62. The first-order chi connectivity index (χ1) is 21.0. The Morgan fingerprint density at radius 3 is 2.27 bits per heavy atom. The summed E-state index contributed by atoms with van der Waals surface area (Å²) in [6.07, 6.45) is 2.60. The average Bonchev–Trinajstić information content (AvgIpc) is 3.46. The number of likely N-dealkylation sites (tertiary alicyclic amines) is 1. The Balaban J connectivity index is 1.42. The van der Waals surface area contributed by atoms with E-state index in [-0.39, 0.29) is 43.2 Å². The highest BCUT2D eigenvalue weighted by Crippen LogP contribution is 2.39. The molecule has 0 aliphatic carbocycles. The van der Waals surface area contributed by atoms with E-state index in [1.807, 2.05) is 69.3 Å². The third-order valence-electron chi connectivity index (χ3n) is 7.88. The molecule has 3 N–H and O–H groups in total. The van der Waals surface area contributed by atoms with E-state index in [9.17, 15) is 19.5 Å². The largest absolute Gasteiger partial charge is 0.481 e. The van der Waals surface area contributed by atoms with Crippen LogP contribution >= 0.6 is 0 Å². The van der Waals surface area contributed by atoms with Crippen LogP contribution in [0.5, 0.6) is 0 Å². The summed E-state index contributed by atoms with van der Waals surface area (Å²) in [7, 11) is 0. The Kier molecular flexibility index (Phi) is 11.9. The van der Waals surface area contributed by atoms with Crippen LogP contribution in [0.2, 0.25) is 0 Å². The number of amides is 1. The van der Waals surface area contributed by atoms with Crippen molar-refractivity contribution in [2.75, 3.05) is 13.1 Å². The smallest absolute Gasteiger partial charge is 0.323 e. The molecule has 0 spiro atoms. The number of aliphatic hydroxyl groups is 1. The van der Waals surface area contributed by atoms with Gasteiger partial charge in [-0.15, -0.1) is 0 Å². The number of rotatable bonds is 13. The highest BCUT2D eigenvalue weighted by atomic mass is 16.7. The van der Waals surface area contributed by atoms with Crippen LogP contribution in [0, 0.1) is 0 Å². The van der Waals surface area contributed by atoms with Gasteiger partial charge >= 0.3 is 11.9 Å². The summed E-state index contributed by atoms with van der Waals surface area (Å²) >= 11 is 0. The summed E-state index contributed by atoms with van der Waals surface area (Å²) in [5, 5.41) is 21.1. The molecule has 0 aromatic heterocycles. The number of nitrogens with one attached hydrogen (secondary N) is 1. The number of carbonyl (C=O) groups excluding carboxylic acids is 2. The van der Waals surface area contributed by atoms with Crippen LogP contribution in [-0.2, 0) is 41.7 Å². The highest BCUT2D eigenvalue weighted by molar-refractivity contribution is 5.76.